The van der Waals surface area contributed by atoms with Gasteiger partial charge in [0.25, 0.3) is 0 Å². The first kappa shape index (κ1) is 21.6. The molecule has 1 aliphatic heterocycles. The Morgan fingerprint density at radius 1 is 0.966 bits per heavy atom. The number of pyridine rings is 1. The van der Waals surface area contributed by atoms with Gasteiger partial charge in [-0.3, -0.25) is 0 Å². The van der Waals surface area contributed by atoms with Crippen molar-refractivity contribution in [3.63, 3.8) is 0 Å². The summed E-state index contributed by atoms with van der Waals surface area (Å²) in [5.41, 5.74) is 2.98. The quantitative estimate of drug-likeness (QED) is 0.647. The molecule has 1 saturated heterocycles. The number of halogens is 1. The van der Waals surface area contributed by atoms with Gasteiger partial charge in [-0.25, -0.2) is 4.98 Å². The monoisotopic (exact) mass is 411 g/mol. The Hall–Kier alpha value is -2.14. The first-order chi connectivity index (χ1) is 13.7. The van der Waals surface area contributed by atoms with Crippen molar-refractivity contribution in [2.75, 3.05) is 37.6 Å². The molecule has 1 atom stereocenters. The number of aliphatic hydroxyl groups excluding tert-OH is 1. The van der Waals surface area contributed by atoms with Crippen molar-refractivity contribution >= 4 is 29.0 Å². The lowest BCUT2D eigenvalue weighted by molar-refractivity contribution is 0.174. The third-order valence-corrected chi connectivity index (χ3v) is 5.79. The molecule has 4 nitrogen and oxygen atoms in total. The Morgan fingerprint density at radius 3 is 2.45 bits per heavy atom. The van der Waals surface area contributed by atoms with Gasteiger partial charge in [0.15, 0.2) is 0 Å². The third-order valence-electron chi connectivity index (χ3n) is 5.79. The van der Waals surface area contributed by atoms with Crippen LogP contribution >= 0.6 is 12.4 Å². The average molecular weight is 412 g/mol. The maximum atomic E-state index is 10.2. The van der Waals surface area contributed by atoms with Crippen molar-refractivity contribution in [2.45, 2.75) is 26.4 Å². The summed E-state index contributed by atoms with van der Waals surface area (Å²) in [4.78, 5) is 10.0. The van der Waals surface area contributed by atoms with Crippen LogP contribution in [-0.4, -0.2) is 47.7 Å². The number of benzene rings is 2. The minimum Gasteiger partial charge on any atom is -0.388 e. The van der Waals surface area contributed by atoms with Crippen molar-refractivity contribution in [1.82, 2.24) is 9.88 Å². The van der Waals surface area contributed by atoms with Crippen LogP contribution < -0.4 is 4.90 Å². The highest BCUT2D eigenvalue weighted by atomic mass is 35.5. The SMILES string of the molecule is CCC(O)c1cccc(-c2cc3ccccc3c(N3CCN(CC)CC3)n2)c1.Cl. The van der Waals surface area contributed by atoms with Gasteiger partial charge in [0.2, 0.25) is 0 Å². The molecule has 1 unspecified atom stereocenters. The fourth-order valence-electron chi connectivity index (χ4n) is 3.99. The summed E-state index contributed by atoms with van der Waals surface area (Å²) in [6.07, 6.45) is 0.281. The Labute approximate surface area is 179 Å². The van der Waals surface area contributed by atoms with Crippen LogP contribution in [-0.2, 0) is 0 Å². The molecule has 1 aliphatic rings. The Bertz CT molecular complexity index is 954. The van der Waals surface area contributed by atoms with Gasteiger partial charge in [-0.1, -0.05) is 56.3 Å². The van der Waals surface area contributed by atoms with Gasteiger partial charge >= 0.3 is 0 Å². The average Bonchev–Trinajstić information content (AvgIpc) is 2.78. The summed E-state index contributed by atoms with van der Waals surface area (Å²) in [6.45, 7) is 9.49. The number of anilines is 1. The molecular weight excluding hydrogens is 382 g/mol. The van der Waals surface area contributed by atoms with Crippen LogP contribution in [0.1, 0.15) is 31.9 Å². The minimum atomic E-state index is -0.429. The number of piperazine rings is 1. The van der Waals surface area contributed by atoms with E-state index in [9.17, 15) is 5.11 Å². The molecule has 29 heavy (non-hydrogen) atoms. The Morgan fingerprint density at radius 2 is 1.72 bits per heavy atom. The summed E-state index contributed by atoms with van der Waals surface area (Å²) in [5.74, 6) is 1.07. The summed E-state index contributed by atoms with van der Waals surface area (Å²) < 4.78 is 0. The fourth-order valence-corrected chi connectivity index (χ4v) is 3.99. The lowest BCUT2D eigenvalue weighted by Crippen LogP contribution is -2.46. The van der Waals surface area contributed by atoms with Crippen LogP contribution in [0.4, 0.5) is 5.82 Å². The largest absolute Gasteiger partial charge is 0.388 e. The van der Waals surface area contributed by atoms with E-state index in [-0.39, 0.29) is 12.4 Å². The number of aliphatic hydroxyl groups is 1. The standard InChI is InChI=1S/C24H29N3O.ClH/c1-3-23(28)20-10-7-9-19(16-20)22-17-18-8-5-6-11-21(18)24(25-22)27-14-12-26(4-2)13-15-27;/h5-11,16-17,23,28H,3-4,12-15H2,1-2H3;1H. The lowest BCUT2D eigenvalue weighted by Gasteiger charge is -2.35. The molecule has 5 heteroatoms. The molecule has 154 valence electrons. The van der Waals surface area contributed by atoms with Gasteiger partial charge in [-0.15, -0.1) is 12.4 Å². The zero-order valence-electron chi connectivity index (χ0n) is 17.2. The molecule has 1 aromatic heterocycles. The summed E-state index contributed by atoms with van der Waals surface area (Å²) in [6, 6.07) is 18.8. The van der Waals surface area contributed by atoms with Crippen LogP contribution in [0, 0.1) is 0 Å². The Balaban J connectivity index is 0.00000240. The first-order valence-corrected chi connectivity index (χ1v) is 10.3. The second-order valence-corrected chi connectivity index (χ2v) is 7.52. The number of likely N-dealkylation sites (N-methyl/N-ethyl adjacent to an activating group) is 1. The Kier molecular flexibility index (Phi) is 7.12. The van der Waals surface area contributed by atoms with E-state index in [0.29, 0.717) is 6.42 Å². The molecule has 1 N–H and O–H groups in total. The molecule has 0 amide bonds. The normalized spacial score (nSPS) is 15.9. The van der Waals surface area contributed by atoms with Crippen LogP contribution in [0.15, 0.2) is 54.6 Å². The number of hydrogen-bond acceptors (Lipinski definition) is 4. The maximum absolute atomic E-state index is 10.2. The van der Waals surface area contributed by atoms with Gasteiger partial charge in [-0.2, -0.15) is 0 Å². The second kappa shape index (κ2) is 9.57. The van der Waals surface area contributed by atoms with Crippen molar-refractivity contribution in [3.05, 3.63) is 60.2 Å². The minimum absolute atomic E-state index is 0. The summed E-state index contributed by atoms with van der Waals surface area (Å²) >= 11 is 0. The summed E-state index contributed by atoms with van der Waals surface area (Å²) in [5, 5.41) is 12.7. The molecule has 1 fully saturated rings. The number of aromatic nitrogens is 1. The zero-order chi connectivity index (χ0) is 19.5. The number of fused-ring (bicyclic) bond motifs is 1. The molecule has 0 radical (unpaired) electrons. The zero-order valence-corrected chi connectivity index (χ0v) is 18.0. The second-order valence-electron chi connectivity index (χ2n) is 7.52. The topological polar surface area (TPSA) is 39.6 Å². The van der Waals surface area contributed by atoms with E-state index in [2.05, 4.69) is 59.2 Å². The third kappa shape index (κ3) is 4.55. The smallest absolute Gasteiger partial charge is 0.137 e. The molecule has 2 aromatic carbocycles. The number of nitrogens with zero attached hydrogens (tertiary/aromatic N) is 3. The predicted molar refractivity (Wildman–Crippen MR) is 124 cm³/mol. The van der Waals surface area contributed by atoms with E-state index >= 15 is 0 Å². The number of hydrogen-bond donors (Lipinski definition) is 1. The highest BCUT2D eigenvalue weighted by Crippen LogP contribution is 2.31. The van der Waals surface area contributed by atoms with E-state index in [1.807, 2.05) is 19.1 Å². The van der Waals surface area contributed by atoms with Gasteiger partial charge in [0.1, 0.15) is 5.82 Å². The van der Waals surface area contributed by atoms with Gasteiger partial charge in [-0.05, 0) is 36.0 Å². The van der Waals surface area contributed by atoms with Gasteiger partial charge in [0, 0.05) is 37.1 Å². The van der Waals surface area contributed by atoms with Crippen LogP contribution in [0.25, 0.3) is 22.0 Å². The van der Waals surface area contributed by atoms with Gasteiger partial charge < -0.3 is 14.9 Å². The van der Waals surface area contributed by atoms with E-state index < -0.39 is 6.10 Å². The van der Waals surface area contributed by atoms with E-state index in [1.165, 1.54) is 10.8 Å². The van der Waals surface area contributed by atoms with E-state index in [0.717, 1.165) is 55.4 Å². The molecule has 0 bridgehead atoms. The van der Waals surface area contributed by atoms with Crippen LogP contribution in [0.2, 0.25) is 0 Å². The first-order valence-electron chi connectivity index (χ1n) is 10.3. The molecule has 4 rings (SSSR count). The molecule has 0 spiro atoms. The van der Waals surface area contributed by atoms with E-state index in [4.69, 9.17) is 4.98 Å². The fraction of sp³-hybridized carbons (Fsp3) is 0.375. The van der Waals surface area contributed by atoms with Crippen LogP contribution in [0.5, 0.6) is 0 Å². The van der Waals surface area contributed by atoms with Crippen molar-refractivity contribution in [3.8, 4) is 11.3 Å². The highest BCUT2D eigenvalue weighted by Gasteiger charge is 2.20. The summed E-state index contributed by atoms with van der Waals surface area (Å²) in [7, 11) is 0. The highest BCUT2D eigenvalue weighted by molar-refractivity contribution is 5.95. The molecule has 0 saturated carbocycles. The van der Waals surface area contributed by atoms with Crippen LogP contribution in [0.3, 0.4) is 0 Å². The van der Waals surface area contributed by atoms with E-state index in [1.54, 1.807) is 0 Å². The van der Waals surface area contributed by atoms with Crippen molar-refractivity contribution in [1.29, 1.82) is 0 Å². The molecule has 3 aromatic rings. The van der Waals surface area contributed by atoms with Crippen molar-refractivity contribution in [2.24, 2.45) is 0 Å². The molecule has 0 aliphatic carbocycles. The predicted octanol–water partition coefficient (Wildman–Crippen LogP) is 4.91. The number of rotatable bonds is 5. The van der Waals surface area contributed by atoms with Gasteiger partial charge in [0.05, 0.1) is 11.8 Å². The van der Waals surface area contributed by atoms with Crippen molar-refractivity contribution < 1.29 is 5.11 Å². The molecule has 2 heterocycles. The lowest BCUT2D eigenvalue weighted by atomic mass is 10.0. The molecular formula is C24H30ClN3O. The maximum Gasteiger partial charge on any atom is 0.137 e.